The molecule has 1 heterocycles. The van der Waals surface area contributed by atoms with Crippen LogP contribution in [0.2, 0.25) is 0 Å². The van der Waals surface area contributed by atoms with Gasteiger partial charge in [-0.1, -0.05) is 0 Å². The standard InChI is InChI=1S/C12H19N3O3S/c13-7-9-2-1-3-11(9)15-12(16)6-10-8-19(17,18)5-4-14-10/h9-11,14H,1-6,8H2,(H,15,16). The molecule has 1 saturated carbocycles. The molecule has 19 heavy (non-hydrogen) atoms. The van der Waals surface area contributed by atoms with E-state index < -0.39 is 9.84 Å². The molecule has 0 aromatic carbocycles. The van der Waals surface area contributed by atoms with Crippen molar-refractivity contribution < 1.29 is 13.2 Å². The molecule has 2 rings (SSSR count). The molecule has 1 aliphatic carbocycles. The molecule has 1 aliphatic heterocycles. The molecule has 2 aliphatic rings. The fourth-order valence-electron chi connectivity index (χ4n) is 2.78. The van der Waals surface area contributed by atoms with Gasteiger partial charge in [0.2, 0.25) is 5.91 Å². The number of nitrogens with one attached hydrogen (secondary N) is 2. The smallest absolute Gasteiger partial charge is 0.221 e. The summed E-state index contributed by atoms with van der Waals surface area (Å²) >= 11 is 0. The van der Waals surface area contributed by atoms with Crippen LogP contribution >= 0.6 is 0 Å². The van der Waals surface area contributed by atoms with Crippen LogP contribution in [0.15, 0.2) is 0 Å². The maximum Gasteiger partial charge on any atom is 0.221 e. The van der Waals surface area contributed by atoms with Crippen LogP contribution in [-0.2, 0) is 14.6 Å². The summed E-state index contributed by atoms with van der Waals surface area (Å²) in [6.45, 7) is 0.407. The summed E-state index contributed by atoms with van der Waals surface area (Å²) in [5.41, 5.74) is 0. The number of amides is 1. The molecule has 106 valence electrons. The van der Waals surface area contributed by atoms with E-state index in [4.69, 9.17) is 5.26 Å². The Morgan fingerprint density at radius 3 is 2.89 bits per heavy atom. The number of sulfone groups is 1. The van der Waals surface area contributed by atoms with Crippen molar-refractivity contribution in [3.8, 4) is 6.07 Å². The van der Waals surface area contributed by atoms with Gasteiger partial charge in [0, 0.05) is 25.0 Å². The van der Waals surface area contributed by atoms with Crippen molar-refractivity contribution in [3.05, 3.63) is 0 Å². The number of carbonyl (C=O) groups is 1. The minimum Gasteiger partial charge on any atom is -0.352 e. The van der Waals surface area contributed by atoms with E-state index in [1.807, 2.05) is 0 Å². The highest BCUT2D eigenvalue weighted by molar-refractivity contribution is 7.91. The minimum atomic E-state index is -3.02. The van der Waals surface area contributed by atoms with Crippen LogP contribution < -0.4 is 10.6 Å². The van der Waals surface area contributed by atoms with E-state index in [1.54, 1.807) is 0 Å². The van der Waals surface area contributed by atoms with Crippen molar-refractivity contribution in [1.29, 1.82) is 5.26 Å². The molecular weight excluding hydrogens is 266 g/mol. The molecule has 0 spiro atoms. The zero-order valence-electron chi connectivity index (χ0n) is 10.8. The van der Waals surface area contributed by atoms with E-state index >= 15 is 0 Å². The Hall–Kier alpha value is -1.13. The summed E-state index contributed by atoms with van der Waals surface area (Å²) < 4.78 is 22.9. The first kappa shape index (κ1) is 14.3. The normalized spacial score (nSPS) is 33.5. The molecule has 0 radical (unpaired) electrons. The van der Waals surface area contributed by atoms with E-state index in [1.165, 1.54) is 0 Å². The highest BCUT2D eigenvalue weighted by Gasteiger charge is 2.30. The first-order chi connectivity index (χ1) is 9.00. The van der Waals surface area contributed by atoms with Crippen molar-refractivity contribution in [1.82, 2.24) is 10.6 Å². The predicted octanol–water partition coefficient (Wildman–Crippen LogP) is -0.428. The van der Waals surface area contributed by atoms with Gasteiger partial charge < -0.3 is 10.6 Å². The van der Waals surface area contributed by atoms with Gasteiger partial charge in [0.1, 0.15) is 0 Å². The lowest BCUT2D eigenvalue weighted by Crippen LogP contribution is -2.48. The Labute approximate surface area is 113 Å². The third kappa shape index (κ3) is 3.91. The third-order valence-corrected chi connectivity index (χ3v) is 5.50. The van der Waals surface area contributed by atoms with Gasteiger partial charge in [0.25, 0.3) is 0 Å². The first-order valence-corrected chi connectivity index (χ1v) is 8.45. The minimum absolute atomic E-state index is 0.0206. The topological polar surface area (TPSA) is 99.1 Å². The van der Waals surface area contributed by atoms with Gasteiger partial charge in [-0.05, 0) is 19.3 Å². The zero-order valence-corrected chi connectivity index (χ0v) is 11.6. The van der Waals surface area contributed by atoms with E-state index in [-0.39, 0.29) is 41.8 Å². The molecular formula is C12H19N3O3S. The number of carbonyl (C=O) groups excluding carboxylic acids is 1. The van der Waals surface area contributed by atoms with Crippen molar-refractivity contribution >= 4 is 15.7 Å². The van der Waals surface area contributed by atoms with Gasteiger partial charge >= 0.3 is 0 Å². The van der Waals surface area contributed by atoms with Crippen LogP contribution in [0.4, 0.5) is 0 Å². The van der Waals surface area contributed by atoms with E-state index in [9.17, 15) is 13.2 Å². The number of hydrogen-bond acceptors (Lipinski definition) is 5. The Balaban J connectivity index is 1.83. The predicted molar refractivity (Wildman–Crippen MR) is 69.9 cm³/mol. The summed E-state index contributed by atoms with van der Waals surface area (Å²) in [4.78, 5) is 11.9. The average Bonchev–Trinajstić information content (AvgIpc) is 2.74. The SMILES string of the molecule is N#CC1CCCC1NC(=O)CC1CS(=O)(=O)CCN1. The Bertz CT molecular complexity index is 483. The van der Waals surface area contributed by atoms with Gasteiger partial charge in [-0.2, -0.15) is 5.26 Å². The van der Waals surface area contributed by atoms with Crippen molar-refractivity contribution in [2.24, 2.45) is 5.92 Å². The largest absolute Gasteiger partial charge is 0.352 e. The van der Waals surface area contributed by atoms with Crippen LogP contribution in [0.25, 0.3) is 0 Å². The molecule has 7 heteroatoms. The summed E-state index contributed by atoms with van der Waals surface area (Å²) in [6, 6.07) is 1.83. The zero-order chi connectivity index (χ0) is 13.9. The average molecular weight is 285 g/mol. The Morgan fingerprint density at radius 2 is 2.21 bits per heavy atom. The molecule has 2 N–H and O–H groups in total. The lowest BCUT2D eigenvalue weighted by Gasteiger charge is -2.24. The van der Waals surface area contributed by atoms with Crippen LogP contribution in [0.3, 0.4) is 0 Å². The quantitative estimate of drug-likeness (QED) is 0.733. The van der Waals surface area contributed by atoms with Crippen molar-refractivity contribution in [3.63, 3.8) is 0 Å². The number of rotatable bonds is 3. The fraction of sp³-hybridized carbons (Fsp3) is 0.833. The lowest BCUT2D eigenvalue weighted by atomic mass is 10.1. The maximum absolute atomic E-state index is 11.9. The Morgan fingerprint density at radius 1 is 1.42 bits per heavy atom. The number of nitrogens with zero attached hydrogens (tertiary/aromatic N) is 1. The van der Waals surface area contributed by atoms with Gasteiger partial charge in [-0.15, -0.1) is 0 Å². The summed E-state index contributed by atoms with van der Waals surface area (Å²) in [5, 5.41) is 14.9. The summed E-state index contributed by atoms with van der Waals surface area (Å²) in [6.07, 6.45) is 2.78. The van der Waals surface area contributed by atoms with Crippen LogP contribution in [0, 0.1) is 17.2 Å². The van der Waals surface area contributed by atoms with Gasteiger partial charge in [0.15, 0.2) is 9.84 Å². The molecule has 0 aromatic rings. The van der Waals surface area contributed by atoms with Crippen LogP contribution in [0.1, 0.15) is 25.7 Å². The lowest BCUT2D eigenvalue weighted by molar-refractivity contribution is -0.122. The molecule has 0 aromatic heterocycles. The number of hydrogen-bond donors (Lipinski definition) is 2. The molecule has 3 unspecified atom stereocenters. The molecule has 6 nitrogen and oxygen atoms in total. The van der Waals surface area contributed by atoms with Gasteiger partial charge in [-0.3, -0.25) is 4.79 Å². The Kier molecular flexibility index (Phi) is 4.42. The van der Waals surface area contributed by atoms with Crippen molar-refractivity contribution in [2.75, 3.05) is 18.1 Å². The summed E-state index contributed by atoms with van der Waals surface area (Å²) in [5.74, 6) is -0.106. The highest BCUT2D eigenvalue weighted by atomic mass is 32.2. The first-order valence-electron chi connectivity index (χ1n) is 6.63. The molecule has 1 saturated heterocycles. The van der Waals surface area contributed by atoms with E-state index in [0.717, 1.165) is 19.3 Å². The fourth-order valence-corrected chi connectivity index (χ4v) is 4.22. The van der Waals surface area contributed by atoms with E-state index in [0.29, 0.717) is 6.54 Å². The second kappa shape index (κ2) is 5.88. The van der Waals surface area contributed by atoms with Gasteiger partial charge in [-0.25, -0.2) is 8.42 Å². The summed E-state index contributed by atoms with van der Waals surface area (Å²) in [7, 11) is -3.02. The van der Waals surface area contributed by atoms with Crippen molar-refractivity contribution in [2.45, 2.75) is 37.8 Å². The third-order valence-electron chi connectivity index (χ3n) is 3.76. The maximum atomic E-state index is 11.9. The number of nitriles is 1. The second-order valence-corrected chi connectivity index (χ2v) is 7.54. The monoisotopic (exact) mass is 285 g/mol. The molecule has 1 amide bonds. The second-order valence-electron chi connectivity index (χ2n) is 5.31. The van der Waals surface area contributed by atoms with E-state index in [2.05, 4.69) is 16.7 Å². The molecule has 2 fully saturated rings. The molecule has 3 atom stereocenters. The highest BCUT2D eigenvalue weighted by Crippen LogP contribution is 2.24. The van der Waals surface area contributed by atoms with Gasteiger partial charge in [0.05, 0.1) is 23.5 Å². The van der Waals surface area contributed by atoms with Crippen LogP contribution in [0.5, 0.6) is 0 Å². The molecule has 0 bridgehead atoms. The van der Waals surface area contributed by atoms with Crippen LogP contribution in [-0.4, -0.2) is 44.5 Å².